The first-order valence-corrected chi connectivity index (χ1v) is 7.66. The molecule has 0 saturated heterocycles. The van der Waals surface area contributed by atoms with E-state index in [0.29, 0.717) is 18.2 Å². The number of carbonyl (C=O) groups excluding carboxylic acids is 1. The highest BCUT2D eigenvalue weighted by molar-refractivity contribution is 7.09. The van der Waals surface area contributed by atoms with Gasteiger partial charge in [0.2, 0.25) is 0 Å². The van der Waals surface area contributed by atoms with Gasteiger partial charge in [0.25, 0.3) is 5.91 Å². The van der Waals surface area contributed by atoms with Crippen molar-refractivity contribution in [2.45, 2.75) is 24.8 Å². The lowest BCUT2D eigenvalue weighted by molar-refractivity contribution is 0.0946. The van der Waals surface area contributed by atoms with Crippen molar-refractivity contribution in [1.82, 2.24) is 10.3 Å². The van der Waals surface area contributed by atoms with Crippen molar-refractivity contribution in [3.8, 4) is 0 Å². The van der Waals surface area contributed by atoms with Crippen LogP contribution in [0.25, 0.3) is 0 Å². The molecule has 1 aromatic heterocycles. The Labute approximate surface area is 134 Å². The van der Waals surface area contributed by atoms with Crippen molar-refractivity contribution in [3.63, 3.8) is 0 Å². The molecule has 1 aliphatic carbocycles. The summed E-state index contributed by atoms with van der Waals surface area (Å²) < 4.78 is 0. The van der Waals surface area contributed by atoms with Crippen molar-refractivity contribution in [1.29, 1.82) is 0 Å². The minimum absolute atomic E-state index is 0. The highest BCUT2D eigenvalue weighted by Crippen LogP contribution is 2.40. The van der Waals surface area contributed by atoms with Gasteiger partial charge in [0.1, 0.15) is 5.69 Å². The number of nitrogens with one attached hydrogen (secondary N) is 1. The van der Waals surface area contributed by atoms with Gasteiger partial charge in [-0.2, -0.15) is 0 Å². The topological polar surface area (TPSA) is 68.0 Å². The van der Waals surface area contributed by atoms with Gasteiger partial charge < -0.3 is 11.1 Å². The summed E-state index contributed by atoms with van der Waals surface area (Å²) in [6.07, 6.45) is 1.74. The van der Waals surface area contributed by atoms with Crippen LogP contribution in [0.2, 0.25) is 0 Å². The van der Waals surface area contributed by atoms with E-state index in [1.54, 1.807) is 5.38 Å². The third-order valence-corrected chi connectivity index (χ3v) is 4.39. The molecule has 1 fully saturated rings. The molecule has 0 aliphatic heterocycles. The van der Waals surface area contributed by atoms with Crippen LogP contribution in [0.4, 0.5) is 0 Å². The van der Waals surface area contributed by atoms with Crippen LogP contribution in [0.3, 0.4) is 0 Å². The maximum Gasteiger partial charge on any atom is 0.270 e. The molecule has 0 bridgehead atoms. The van der Waals surface area contributed by atoms with Crippen molar-refractivity contribution in [3.05, 3.63) is 52.0 Å². The van der Waals surface area contributed by atoms with Gasteiger partial charge >= 0.3 is 0 Å². The third kappa shape index (κ3) is 3.81. The third-order valence-electron chi connectivity index (χ3n) is 3.48. The molecule has 2 unspecified atom stereocenters. The lowest BCUT2D eigenvalue weighted by Crippen LogP contribution is -2.26. The molecule has 1 saturated carbocycles. The molecule has 2 aromatic rings. The Kier molecular flexibility index (Phi) is 5.33. The summed E-state index contributed by atoms with van der Waals surface area (Å²) in [5.74, 6) is 0.371. The van der Waals surface area contributed by atoms with Crippen LogP contribution >= 0.6 is 23.7 Å². The number of aromatic nitrogens is 1. The fourth-order valence-electron chi connectivity index (χ4n) is 2.32. The van der Waals surface area contributed by atoms with Crippen molar-refractivity contribution >= 4 is 29.7 Å². The van der Waals surface area contributed by atoms with Gasteiger partial charge in [-0.05, 0) is 18.5 Å². The monoisotopic (exact) mass is 323 g/mol. The second-order valence-corrected chi connectivity index (χ2v) is 5.94. The van der Waals surface area contributed by atoms with E-state index >= 15 is 0 Å². The van der Waals surface area contributed by atoms with Gasteiger partial charge in [-0.3, -0.25) is 4.79 Å². The number of halogens is 1. The zero-order valence-electron chi connectivity index (χ0n) is 11.5. The molecular weight excluding hydrogens is 306 g/mol. The largest absolute Gasteiger partial charge is 0.347 e. The number of hydrogen-bond acceptors (Lipinski definition) is 4. The zero-order valence-corrected chi connectivity index (χ0v) is 13.1. The first-order chi connectivity index (χ1) is 9.78. The van der Waals surface area contributed by atoms with E-state index < -0.39 is 0 Å². The number of nitrogens with two attached hydrogens (primary N) is 1. The molecule has 6 heteroatoms. The second kappa shape index (κ2) is 7.02. The maximum atomic E-state index is 12.1. The van der Waals surface area contributed by atoms with Crippen LogP contribution in [0.5, 0.6) is 0 Å². The Morgan fingerprint density at radius 2 is 2.14 bits per heavy atom. The fraction of sp³-hybridized carbons (Fsp3) is 0.333. The number of benzene rings is 1. The second-order valence-electron chi connectivity index (χ2n) is 5.00. The minimum Gasteiger partial charge on any atom is -0.347 e. The predicted molar refractivity (Wildman–Crippen MR) is 87.2 cm³/mol. The highest BCUT2D eigenvalue weighted by Gasteiger charge is 2.39. The van der Waals surface area contributed by atoms with E-state index in [0.717, 1.165) is 17.8 Å². The fourth-order valence-corrected chi connectivity index (χ4v) is 3.11. The predicted octanol–water partition coefficient (Wildman–Crippen LogP) is 2.35. The Bertz CT molecular complexity index is 602. The first kappa shape index (κ1) is 15.9. The van der Waals surface area contributed by atoms with Crippen LogP contribution in [0, 0.1) is 0 Å². The molecule has 3 rings (SSSR count). The summed E-state index contributed by atoms with van der Waals surface area (Å²) in [5.41, 5.74) is 7.29. The average molecular weight is 324 g/mol. The standard InChI is InChI=1S/C15H17N3OS.ClH/c16-7-6-14-17-13(9-20-14)15(19)18-12-8-11(12)10-4-2-1-3-5-10;/h1-5,9,11-12H,6-8,16H2,(H,18,19);1H. The summed E-state index contributed by atoms with van der Waals surface area (Å²) in [6, 6.07) is 10.5. The van der Waals surface area contributed by atoms with Gasteiger partial charge in [-0.15, -0.1) is 23.7 Å². The smallest absolute Gasteiger partial charge is 0.270 e. The molecule has 0 radical (unpaired) electrons. The van der Waals surface area contributed by atoms with E-state index in [1.165, 1.54) is 16.9 Å². The van der Waals surface area contributed by atoms with E-state index in [2.05, 4.69) is 22.4 Å². The molecule has 2 atom stereocenters. The van der Waals surface area contributed by atoms with Crippen LogP contribution < -0.4 is 11.1 Å². The summed E-state index contributed by atoms with van der Waals surface area (Å²) in [4.78, 5) is 16.4. The molecule has 1 amide bonds. The Balaban J connectivity index is 0.00000161. The summed E-state index contributed by atoms with van der Waals surface area (Å²) in [6.45, 7) is 0.563. The number of nitrogens with zero attached hydrogens (tertiary/aromatic N) is 1. The van der Waals surface area contributed by atoms with Crippen molar-refractivity contribution < 1.29 is 4.79 Å². The van der Waals surface area contributed by atoms with Crippen LogP contribution in [-0.2, 0) is 6.42 Å². The lowest BCUT2D eigenvalue weighted by atomic mass is 10.1. The lowest BCUT2D eigenvalue weighted by Gasteiger charge is -2.02. The van der Waals surface area contributed by atoms with E-state index in [9.17, 15) is 4.79 Å². The Hall–Kier alpha value is -1.43. The van der Waals surface area contributed by atoms with E-state index in [4.69, 9.17) is 5.73 Å². The van der Waals surface area contributed by atoms with Crippen LogP contribution in [0.1, 0.15) is 33.4 Å². The molecule has 0 spiro atoms. The minimum atomic E-state index is -0.0760. The molecule has 3 N–H and O–H groups in total. The normalized spacial score (nSPS) is 19.7. The molecule has 21 heavy (non-hydrogen) atoms. The first-order valence-electron chi connectivity index (χ1n) is 6.78. The summed E-state index contributed by atoms with van der Waals surface area (Å²) >= 11 is 1.50. The van der Waals surface area contributed by atoms with Crippen molar-refractivity contribution in [2.75, 3.05) is 6.54 Å². The Morgan fingerprint density at radius 3 is 2.86 bits per heavy atom. The van der Waals surface area contributed by atoms with Gasteiger partial charge in [0.05, 0.1) is 5.01 Å². The number of carbonyl (C=O) groups is 1. The maximum absolute atomic E-state index is 12.1. The van der Waals surface area contributed by atoms with Gasteiger partial charge in [0.15, 0.2) is 0 Å². The molecule has 4 nitrogen and oxygen atoms in total. The number of hydrogen-bond donors (Lipinski definition) is 2. The molecule has 112 valence electrons. The van der Waals surface area contributed by atoms with Crippen molar-refractivity contribution in [2.24, 2.45) is 5.73 Å². The van der Waals surface area contributed by atoms with Gasteiger partial charge in [-0.1, -0.05) is 30.3 Å². The average Bonchev–Trinajstić information content (AvgIpc) is 3.07. The van der Waals surface area contributed by atoms with E-state index in [1.807, 2.05) is 18.2 Å². The van der Waals surface area contributed by atoms with Crippen LogP contribution in [-0.4, -0.2) is 23.5 Å². The number of amides is 1. The van der Waals surface area contributed by atoms with E-state index in [-0.39, 0.29) is 24.4 Å². The summed E-state index contributed by atoms with van der Waals surface area (Å²) in [5, 5.41) is 5.78. The molecule has 1 heterocycles. The highest BCUT2D eigenvalue weighted by atomic mass is 35.5. The zero-order chi connectivity index (χ0) is 13.9. The van der Waals surface area contributed by atoms with Gasteiger partial charge in [-0.25, -0.2) is 4.98 Å². The molecular formula is C15H18ClN3OS. The van der Waals surface area contributed by atoms with Gasteiger partial charge in [0, 0.05) is 23.8 Å². The Morgan fingerprint density at radius 1 is 1.38 bits per heavy atom. The molecule has 1 aromatic carbocycles. The SMILES string of the molecule is Cl.NCCc1nc(C(=O)NC2CC2c2ccccc2)cs1. The van der Waals surface area contributed by atoms with Crippen LogP contribution in [0.15, 0.2) is 35.7 Å². The number of thiazole rings is 1. The molecule has 1 aliphatic rings. The number of rotatable bonds is 5. The quantitative estimate of drug-likeness (QED) is 0.887. The summed E-state index contributed by atoms with van der Waals surface area (Å²) in [7, 11) is 0.